The van der Waals surface area contributed by atoms with Crippen LogP contribution in [0.15, 0.2) is 182 Å². The van der Waals surface area contributed by atoms with E-state index in [0.717, 1.165) is 16.7 Å². The van der Waals surface area contributed by atoms with E-state index >= 15 is 0 Å². The average Bonchev–Trinajstić information content (AvgIpc) is 3.32. The zero-order valence-corrected chi connectivity index (χ0v) is 47.3. The number of benzene rings is 6. The Labute approximate surface area is 531 Å². The van der Waals surface area contributed by atoms with Crippen LogP contribution < -0.4 is 0 Å². The monoisotopic (exact) mass is 1200 g/mol. The zero-order valence-electron chi connectivity index (χ0n) is 40.6. The van der Waals surface area contributed by atoms with E-state index in [1.165, 1.54) is 38.5 Å². The molecular weight excluding hydrogens is 1080 g/mol. The van der Waals surface area contributed by atoms with Gasteiger partial charge in [-0.2, -0.15) is 199 Å². The number of hydrogen-bond acceptors (Lipinski definition) is 3. The molecule has 0 aliphatic carbocycles. The van der Waals surface area contributed by atoms with Gasteiger partial charge >= 0.3 is 55.7 Å². The topological polar surface area (TPSA) is 0 Å². The van der Waals surface area contributed by atoms with Gasteiger partial charge in [0.2, 0.25) is 0 Å². The van der Waals surface area contributed by atoms with E-state index in [0.29, 0.717) is 0 Å². The van der Waals surface area contributed by atoms with Crippen LogP contribution in [0.2, 0.25) is 0 Å². The van der Waals surface area contributed by atoms with Gasteiger partial charge in [0.1, 0.15) is 0 Å². The van der Waals surface area contributed by atoms with Gasteiger partial charge in [0.15, 0.2) is 0 Å². The first-order valence-corrected chi connectivity index (χ1v) is 22.5. The van der Waals surface area contributed by atoms with Gasteiger partial charge in [-0.1, -0.05) is 229 Å². The van der Waals surface area contributed by atoms with E-state index in [9.17, 15) is 0 Å². The molecule has 0 fully saturated rings. The summed E-state index contributed by atoms with van der Waals surface area (Å²) in [6, 6.07) is 66.5. The molecule has 6 heteroatoms. The second-order valence-electron chi connectivity index (χ2n) is 11.9. The Kier molecular flexibility index (Phi) is 281. The molecule has 0 nitrogen and oxygen atoms in total. The van der Waals surface area contributed by atoms with Gasteiger partial charge in [0.05, 0.1) is 0 Å². The van der Waals surface area contributed by atoms with E-state index in [-0.39, 0.29) is 145 Å². The van der Waals surface area contributed by atoms with Crippen LogP contribution in [0.3, 0.4) is 0 Å². The van der Waals surface area contributed by atoms with Gasteiger partial charge in [0.25, 0.3) is 0 Å². The first-order chi connectivity index (χ1) is 29.3. The van der Waals surface area contributed by atoms with Crippen LogP contribution in [0, 0.1) is 18.2 Å². The van der Waals surface area contributed by atoms with Crippen molar-refractivity contribution in [3.63, 3.8) is 0 Å². The normalized spacial score (nSPS) is 6.08. The SMILES string of the molecule is C.C.C.C.C.C.C.C.C.C.C.C.CCC.CCC.CCC.CCC.CCC.CCC.S=[C-]c1ccccc1.S=[C-]c1ccccc1.S=[C-]c1ccccc1.[V+2].[V+2].[V+2].[c-]1ccccc1.[c-]1ccccc1.[c-]1ccccc1. The molecule has 0 aliphatic rings. The Balaban J connectivity index is -0.0000000223. The van der Waals surface area contributed by atoms with Gasteiger partial charge in [-0.25, -0.2) is 0 Å². The molecule has 0 aliphatic heterocycles. The molecule has 6 aromatic rings. The molecule has 435 valence electrons. The Morgan fingerprint density at radius 2 is 0.347 bits per heavy atom. The van der Waals surface area contributed by atoms with Crippen molar-refractivity contribution in [3.8, 4) is 0 Å². The molecule has 3 radical (unpaired) electrons. The largest absolute Gasteiger partial charge is 2.00 e. The maximum Gasteiger partial charge on any atom is 2.00 e. The maximum absolute atomic E-state index is 4.57. The summed E-state index contributed by atoms with van der Waals surface area (Å²) in [5, 5.41) is 7.83. The zero-order chi connectivity index (χ0) is 46.4. The Morgan fingerprint density at radius 1 is 0.240 bits per heavy atom. The summed E-state index contributed by atoms with van der Waals surface area (Å²) in [5.74, 6) is 0. The number of thiocarbonyl (C=S) groups is 3. The fraction of sp³-hybridized carbons (Fsp3) is 0.435. The number of rotatable bonds is 3. The maximum atomic E-state index is 4.57. The predicted octanol–water partition coefficient (Wildman–Crippen LogP) is 26.3. The summed E-state index contributed by atoms with van der Waals surface area (Å²) in [7, 11) is 0. The molecule has 0 amide bonds. The van der Waals surface area contributed by atoms with Crippen LogP contribution in [-0.2, 0) is 55.7 Å². The van der Waals surface area contributed by atoms with Crippen LogP contribution >= 0.6 is 36.7 Å². The average molecular weight is 1200 g/mol. The second-order valence-corrected chi connectivity index (χ2v) is 12.5. The molecule has 0 spiro atoms. The quantitative estimate of drug-likeness (QED) is 0.128. The van der Waals surface area contributed by atoms with Crippen LogP contribution in [0.5, 0.6) is 0 Å². The molecule has 0 unspecified atom stereocenters. The minimum Gasteiger partial charge on any atom is -0.184 e. The van der Waals surface area contributed by atoms with Crippen molar-refractivity contribution in [2.75, 3.05) is 0 Å². The van der Waals surface area contributed by atoms with Crippen molar-refractivity contribution in [1.82, 2.24) is 0 Å². The molecule has 6 rings (SSSR count). The second kappa shape index (κ2) is 151. The molecule has 6 aromatic carbocycles. The van der Waals surface area contributed by atoms with E-state index in [2.05, 4.69) is 154 Å². The van der Waals surface area contributed by atoms with Crippen molar-refractivity contribution in [1.29, 1.82) is 0 Å². The van der Waals surface area contributed by atoms with Crippen LogP contribution in [0.1, 0.15) is 227 Å². The minimum absolute atomic E-state index is 0. The first kappa shape index (κ1) is 140. The van der Waals surface area contributed by atoms with Crippen molar-refractivity contribution < 1.29 is 55.7 Å². The van der Waals surface area contributed by atoms with E-state index in [4.69, 9.17) is 0 Å². The van der Waals surface area contributed by atoms with Crippen LogP contribution in [0.4, 0.5) is 0 Å². The number of hydrogen-bond donors (Lipinski definition) is 0. The molecule has 75 heavy (non-hydrogen) atoms. The smallest absolute Gasteiger partial charge is 0.184 e. The molecular formula is C69H126S3V3. The molecule has 0 N–H and O–H groups in total. The van der Waals surface area contributed by atoms with Gasteiger partial charge < -0.3 is 0 Å². The summed E-state index contributed by atoms with van der Waals surface area (Å²) in [5.41, 5.74) is 2.92. The summed E-state index contributed by atoms with van der Waals surface area (Å²) in [4.78, 5) is 0. The molecule has 0 heterocycles. The molecule has 0 aromatic heterocycles. The van der Waals surface area contributed by atoms with Gasteiger partial charge in [-0.3, -0.25) is 0 Å². The molecule has 0 saturated heterocycles. The molecule has 0 atom stereocenters. The summed E-state index contributed by atoms with van der Waals surface area (Å²) < 4.78 is 0. The van der Waals surface area contributed by atoms with Gasteiger partial charge in [0, 0.05) is 0 Å². The van der Waals surface area contributed by atoms with Crippen LogP contribution in [-0.4, -0.2) is 16.1 Å². The third-order valence-corrected chi connectivity index (χ3v) is 5.20. The molecule has 0 saturated carbocycles. The van der Waals surface area contributed by atoms with Crippen molar-refractivity contribution >= 4 is 52.8 Å². The minimum atomic E-state index is 0. The van der Waals surface area contributed by atoms with Crippen molar-refractivity contribution in [3.05, 3.63) is 217 Å². The van der Waals surface area contributed by atoms with Crippen molar-refractivity contribution in [2.24, 2.45) is 0 Å². The first-order valence-electron chi connectivity index (χ1n) is 21.3. The third-order valence-electron chi connectivity index (χ3n) is 4.50. The Hall–Kier alpha value is -2.66. The fourth-order valence-corrected chi connectivity index (χ4v) is 2.95. The molecule has 0 bridgehead atoms. The third kappa shape index (κ3) is 167. The summed E-state index contributed by atoms with van der Waals surface area (Å²) in [6.07, 6.45) is 7.50. The van der Waals surface area contributed by atoms with E-state index < -0.39 is 0 Å². The summed E-state index contributed by atoms with van der Waals surface area (Å²) >= 11 is 13.7. The Morgan fingerprint density at radius 3 is 0.400 bits per heavy atom. The van der Waals surface area contributed by atoms with Gasteiger partial charge in [-0.15, -0.1) is 52.5 Å². The summed E-state index contributed by atoms with van der Waals surface area (Å²) in [6.45, 7) is 25.5. The van der Waals surface area contributed by atoms with E-state index in [1.54, 1.807) is 0 Å². The van der Waals surface area contributed by atoms with Crippen molar-refractivity contribution in [2.45, 2.75) is 211 Å². The van der Waals surface area contributed by atoms with E-state index in [1.807, 2.05) is 182 Å². The fourth-order valence-electron chi connectivity index (χ4n) is 2.54. The van der Waals surface area contributed by atoms with Crippen LogP contribution in [0.25, 0.3) is 0 Å². The standard InChI is InChI=1S/3C7H5S.3C6H5.6C3H8.12CH4.3V/c3*8-6-7-4-2-1-3-5-7;3*1-2-4-6-5-3-1;6*1-3-2;;;;;;;;;;;;;;;/h3*1-5H;3*1-5H;6*3H2,1-2H3;12*1H4;;;/q6*-1;;;;;;;;;;;;;;;;;;;3*+2. The Bertz CT molecular complexity index is 1220. The predicted molar refractivity (Wildman–Crippen MR) is 367 cm³/mol. The van der Waals surface area contributed by atoms with Gasteiger partial charge in [-0.05, 0) is 0 Å².